The number of pyridine rings is 1. The summed E-state index contributed by atoms with van der Waals surface area (Å²) in [6.45, 7) is 0. The van der Waals surface area contributed by atoms with Gasteiger partial charge in [-0.15, -0.1) is 0 Å². The summed E-state index contributed by atoms with van der Waals surface area (Å²) in [4.78, 5) is 3.75. The van der Waals surface area contributed by atoms with Gasteiger partial charge in [0.25, 0.3) is 0 Å². The summed E-state index contributed by atoms with van der Waals surface area (Å²) in [5, 5.41) is 17.1. The zero-order valence-electron chi connectivity index (χ0n) is 6.77. The molecule has 7 heteroatoms. The predicted molar refractivity (Wildman–Crippen MR) is 46.6 cm³/mol. The van der Waals surface area contributed by atoms with Crippen LogP contribution in [0.25, 0.3) is 0 Å². The second-order valence-electron chi connectivity index (χ2n) is 2.11. The Morgan fingerprint density at radius 2 is 2.23 bits per heavy atom. The van der Waals surface area contributed by atoms with E-state index in [0.29, 0.717) is 0 Å². The van der Waals surface area contributed by atoms with Crippen molar-refractivity contribution in [2.24, 2.45) is 0 Å². The molecule has 0 aliphatic carbocycles. The molecule has 0 atom stereocenters. The van der Waals surface area contributed by atoms with Gasteiger partial charge < -0.3 is 19.4 Å². The van der Waals surface area contributed by atoms with Crippen LogP contribution in [0.3, 0.4) is 0 Å². The minimum absolute atomic E-state index is 0.154. The molecule has 0 amide bonds. The highest BCUT2D eigenvalue weighted by Crippen LogP contribution is 2.25. The molecule has 0 fully saturated rings. The van der Waals surface area contributed by atoms with Gasteiger partial charge in [0, 0.05) is 6.07 Å². The van der Waals surface area contributed by atoms with Crippen LogP contribution < -0.4 is 9.39 Å². The summed E-state index contributed by atoms with van der Waals surface area (Å²) in [6, 6.07) is 1.37. The van der Waals surface area contributed by atoms with E-state index in [1.165, 1.54) is 19.4 Å². The second kappa shape index (κ2) is 4.31. The van der Waals surface area contributed by atoms with Crippen molar-refractivity contribution in [3.8, 4) is 11.6 Å². The fraction of sp³-hybridized carbons (Fsp3) is 0.167. The molecule has 0 radical (unpaired) electrons. The third-order valence-corrected chi connectivity index (χ3v) is 1.49. The minimum atomic E-state index is -1.88. The molecule has 5 nitrogen and oxygen atoms in total. The summed E-state index contributed by atoms with van der Waals surface area (Å²) in [7, 11) is -0.457. The second-order valence-corrected chi connectivity index (χ2v) is 2.51. The van der Waals surface area contributed by atoms with Crippen molar-refractivity contribution in [2.45, 2.75) is 0 Å². The largest absolute Gasteiger partial charge is 0.707 e. The normalized spacial score (nSPS) is 9.54. The molecule has 1 heterocycles. The topological polar surface area (TPSA) is 71.8 Å². The van der Waals surface area contributed by atoms with Crippen molar-refractivity contribution in [1.29, 1.82) is 0 Å². The lowest BCUT2D eigenvalue weighted by atomic mass is 10.2. The number of hydrogen-bond acceptors (Lipinski definition) is 5. The molecule has 0 aliphatic heterocycles. The predicted octanol–water partition coefficient (Wildman–Crippen LogP) is 0.0919. The average molecular weight is 203 g/mol. The van der Waals surface area contributed by atoms with Gasteiger partial charge in [-0.3, -0.25) is 0 Å². The van der Waals surface area contributed by atoms with Gasteiger partial charge in [0.05, 0.1) is 13.3 Å². The van der Waals surface area contributed by atoms with E-state index in [1.807, 2.05) is 0 Å². The Bertz CT molecular complexity index is 296. The van der Waals surface area contributed by atoms with E-state index in [-0.39, 0.29) is 16.7 Å². The summed E-state index contributed by atoms with van der Waals surface area (Å²) in [5.74, 6) is 0.405. The van der Waals surface area contributed by atoms with Gasteiger partial charge in [0.2, 0.25) is 5.88 Å². The maximum absolute atomic E-state index is 8.45. The van der Waals surface area contributed by atoms with E-state index in [4.69, 9.17) is 26.4 Å². The Morgan fingerprint density at radius 1 is 1.54 bits per heavy atom. The van der Waals surface area contributed by atoms with Crippen LogP contribution in [0.4, 0.5) is 0 Å². The molecular weight excluding hydrogens is 196 g/mol. The van der Waals surface area contributed by atoms with Gasteiger partial charge in [-0.25, -0.2) is 4.98 Å². The Kier molecular flexibility index (Phi) is 3.35. The highest BCUT2D eigenvalue weighted by Gasteiger charge is 2.12. The fourth-order valence-corrected chi connectivity index (χ4v) is 0.978. The van der Waals surface area contributed by atoms with E-state index < -0.39 is 7.32 Å². The molecule has 1 aromatic heterocycles. The first-order valence-corrected chi connectivity index (χ1v) is 3.73. The van der Waals surface area contributed by atoms with E-state index in [0.717, 1.165) is 0 Å². The monoisotopic (exact) mass is 203 g/mol. The number of ether oxygens (including phenoxy) is 1. The van der Waals surface area contributed by atoms with Crippen molar-refractivity contribution < 1.29 is 19.4 Å². The molecule has 0 spiro atoms. The Morgan fingerprint density at radius 3 is 2.69 bits per heavy atom. The molecule has 0 aliphatic rings. The van der Waals surface area contributed by atoms with Crippen LogP contribution >= 0.6 is 11.6 Å². The standard InChI is InChI=1S/C6H7BClNO4/c1-12-6-5(8)2-4(3-9-6)13-7(10)11/h2-3,10-11H,1H3. The lowest BCUT2D eigenvalue weighted by Crippen LogP contribution is -2.20. The van der Waals surface area contributed by atoms with Gasteiger partial charge in [-0.1, -0.05) is 11.6 Å². The van der Waals surface area contributed by atoms with Gasteiger partial charge in [0.1, 0.15) is 10.8 Å². The summed E-state index contributed by atoms with van der Waals surface area (Å²) in [5.41, 5.74) is 0. The van der Waals surface area contributed by atoms with Crippen LogP contribution in [0.15, 0.2) is 12.3 Å². The minimum Gasteiger partial charge on any atom is -0.511 e. The Hall–Kier alpha value is -0.975. The zero-order chi connectivity index (χ0) is 9.84. The van der Waals surface area contributed by atoms with Gasteiger partial charge >= 0.3 is 7.32 Å². The van der Waals surface area contributed by atoms with Gasteiger partial charge in [-0.05, 0) is 0 Å². The number of aromatic nitrogens is 1. The van der Waals surface area contributed by atoms with Crippen molar-refractivity contribution >= 4 is 18.9 Å². The van der Waals surface area contributed by atoms with Gasteiger partial charge in [-0.2, -0.15) is 0 Å². The van der Waals surface area contributed by atoms with Gasteiger partial charge in [0.15, 0.2) is 0 Å². The first-order chi connectivity index (χ1) is 6.13. The number of rotatable bonds is 3. The maximum Gasteiger partial charge on any atom is 0.707 e. The number of halogens is 1. The third-order valence-electron chi connectivity index (χ3n) is 1.22. The molecule has 0 unspecified atom stereocenters. The Labute approximate surface area is 80.1 Å². The first-order valence-electron chi connectivity index (χ1n) is 3.36. The molecule has 0 aromatic carbocycles. The summed E-state index contributed by atoms with van der Waals surface area (Å²) in [6.07, 6.45) is 1.27. The molecule has 2 N–H and O–H groups in total. The first kappa shape index (κ1) is 10.1. The van der Waals surface area contributed by atoms with Crippen molar-refractivity contribution in [3.05, 3.63) is 17.3 Å². The highest BCUT2D eigenvalue weighted by atomic mass is 35.5. The number of methoxy groups -OCH3 is 1. The van der Waals surface area contributed by atoms with Crippen molar-refractivity contribution in [3.63, 3.8) is 0 Å². The fourth-order valence-electron chi connectivity index (χ4n) is 0.744. The van der Waals surface area contributed by atoms with E-state index in [2.05, 4.69) is 9.64 Å². The third kappa shape index (κ3) is 2.76. The Balaban J connectivity index is 2.83. The van der Waals surface area contributed by atoms with Crippen molar-refractivity contribution in [1.82, 2.24) is 4.98 Å². The van der Waals surface area contributed by atoms with E-state index in [1.54, 1.807) is 0 Å². The molecular formula is C6H7BClNO4. The molecule has 70 valence electrons. The van der Waals surface area contributed by atoms with Crippen LogP contribution in [0.5, 0.6) is 11.6 Å². The van der Waals surface area contributed by atoms with Crippen LogP contribution in [0, 0.1) is 0 Å². The van der Waals surface area contributed by atoms with Crippen LogP contribution in [0.1, 0.15) is 0 Å². The van der Waals surface area contributed by atoms with E-state index >= 15 is 0 Å². The zero-order valence-corrected chi connectivity index (χ0v) is 7.52. The molecule has 0 saturated carbocycles. The SMILES string of the molecule is COc1ncc(OB(O)O)cc1Cl. The number of hydrogen-bond donors (Lipinski definition) is 2. The lowest BCUT2D eigenvalue weighted by molar-refractivity contribution is 0.287. The molecule has 1 rings (SSSR count). The molecule has 1 aromatic rings. The molecule has 0 saturated heterocycles. The average Bonchev–Trinajstić information content (AvgIpc) is 2.03. The van der Waals surface area contributed by atoms with E-state index in [9.17, 15) is 0 Å². The molecule has 13 heavy (non-hydrogen) atoms. The van der Waals surface area contributed by atoms with Crippen LogP contribution in [-0.4, -0.2) is 29.5 Å². The summed E-state index contributed by atoms with van der Waals surface area (Å²) < 4.78 is 9.28. The smallest absolute Gasteiger partial charge is 0.511 e. The van der Waals surface area contributed by atoms with Crippen molar-refractivity contribution in [2.75, 3.05) is 7.11 Å². The molecule has 0 bridgehead atoms. The summed E-state index contributed by atoms with van der Waals surface area (Å²) >= 11 is 5.68. The highest BCUT2D eigenvalue weighted by molar-refractivity contribution is 6.34. The quantitative estimate of drug-likeness (QED) is 0.681. The van der Waals surface area contributed by atoms with Crippen LogP contribution in [-0.2, 0) is 0 Å². The lowest BCUT2D eigenvalue weighted by Gasteiger charge is -2.06. The van der Waals surface area contributed by atoms with Crippen LogP contribution in [0.2, 0.25) is 5.02 Å². The number of nitrogens with zero attached hydrogens (tertiary/aromatic N) is 1. The maximum atomic E-state index is 8.45.